The van der Waals surface area contributed by atoms with Crippen LogP contribution >= 0.6 is 0 Å². The quantitative estimate of drug-likeness (QED) is 0.533. The number of unbranched alkanes of at least 4 members (excludes halogenated alkanes) is 2. The first-order valence-corrected chi connectivity index (χ1v) is 6.25. The molecule has 0 heterocycles. The molecule has 0 aliphatic carbocycles. The molecule has 0 aromatic carbocycles. The first-order chi connectivity index (χ1) is 6.85. The van der Waals surface area contributed by atoms with Crippen molar-refractivity contribution >= 4 is 0 Å². The number of nitrogens with two attached hydrogens (primary N) is 2. The average Bonchev–Trinajstić information content (AvgIpc) is 2.20. The summed E-state index contributed by atoms with van der Waals surface area (Å²) in [5.74, 6) is 0.918. The van der Waals surface area contributed by atoms with E-state index >= 15 is 0 Å². The predicted molar refractivity (Wildman–Crippen MR) is 64.2 cm³/mol. The Morgan fingerprint density at radius 3 is 2.00 bits per heavy atom. The number of rotatable bonds is 10. The fourth-order valence-electron chi connectivity index (χ4n) is 2.00. The van der Waals surface area contributed by atoms with Gasteiger partial charge in [-0.1, -0.05) is 39.0 Å². The summed E-state index contributed by atoms with van der Waals surface area (Å²) in [7, 11) is 0. The summed E-state index contributed by atoms with van der Waals surface area (Å²) in [5, 5.41) is 0. The Bertz CT molecular complexity index is 104. The Balaban J connectivity index is 3.40. The molecule has 0 aromatic heterocycles. The van der Waals surface area contributed by atoms with Gasteiger partial charge in [-0.2, -0.15) is 0 Å². The van der Waals surface area contributed by atoms with E-state index in [-0.39, 0.29) is 0 Å². The minimum atomic E-state index is 0.848. The predicted octanol–water partition coefficient (Wildman–Crippen LogP) is 2.66. The van der Waals surface area contributed by atoms with Crippen molar-refractivity contribution in [1.82, 2.24) is 0 Å². The molecule has 0 radical (unpaired) electrons. The SMILES string of the molecule is CCCC(CCCN)CCCCCN. The van der Waals surface area contributed by atoms with Gasteiger partial charge in [-0.3, -0.25) is 0 Å². The normalized spacial score (nSPS) is 13.1. The molecule has 4 N–H and O–H groups in total. The molecular weight excluding hydrogens is 172 g/mol. The van der Waals surface area contributed by atoms with Crippen molar-refractivity contribution in [3.63, 3.8) is 0 Å². The van der Waals surface area contributed by atoms with E-state index in [1.807, 2.05) is 0 Å². The summed E-state index contributed by atoms with van der Waals surface area (Å²) < 4.78 is 0. The fourth-order valence-corrected chi connectivity index (χ4v) is 2.00. The lowest BCUT2D eigenvalue weighted by Gasteiger charge is -2.15. The highest BCUT2D eigenvalue weighted by Gasteiger charge is 2.06. The lowest BCUT2D eigenvalue weighted by Crippen LogP contribution is -2.06. The van der Waals surface area contributed by atoms with E-state index in [4.69, 9.17) is 11.5 Å². The maximum atomic E-state index is 5.53. The second-order valence-electron chi connectivity index (χ2n) is 4.22. The number of hydrogen-bond acceptors (Lipinski definition) is 2. The van der Waals surface area contributed by atoms with Crippen molar-refractivity contribution in [1.29, 1.82) is 0 Å². The highest BCUT2D eigenvalue weighted by atomic mass is 14.5. The third kappa shape index (κ3) is 8.52. The van der Waals surface area contributed by atoms with Crippen molar-refractivity contribution in [3.05, 3.63) is 0 Å². The van der Waals surface area contributed by atoms with E-state index in [2.05, 4.69) is 6.92 Å². The summed E-state index contributed by atoms with van der Waals surface area (Å²) in [6, 6.07) is 0. The summed E-state index contributed by atoms with van der Waals surface area (Å²) in [6.45, 7) is 3.97. The van der Waals surface area contributed by atoms with Crippen molar-refractivity contribution in [3.8, 4) is 0 Å². The van der Waals surface area contributed by atoms with Crippen LogP contribution in [0.3, 0.4) is 0 Å². The van der Waals surface area contributed by atoms with Crippen molar-refractivity contribution in [2.75, 3.05) is 13.1 Å². The molecule has 0 saturated heterocycles. The molecule has 0 aromatic rings. The van der Waals surface area contributed by atoms with Crippen LogP contribution in [-0.2, 0) is 0 Å². The third-order valence-electron chi connectivity index (χ3n) is 2.83. The Labute approximate surface area is 89.4 Å². The maximum Gasteiger partial charge on any atom is -0.00772 e. The Morgan fingerprint density at radius 1 is 0.786 bits per heavy atom. The lowest BCUT2D eigenvalue weighted by molar-refractivity contribution is 0.389. The van der Waals surface area contributed by atoms with Crippen LogP contribution in [0.4, 0.5) is 0 Å². The van der Waals surface area contributed by atoms with Crippen LogP contribution in [0.1, 0.15) is 58.3 Å². The topological polar surface area (TPSA) is 52.0 Å². The summed E-state index contributed by atoms with van der Waals surface area (Å²) in [5.41, 5.74) is 11.0. The molecule has 0 spiro atoms. The monoisotopic (exact) mass is 200 g/mol. The molecule has 0 bridgehead atoms. The molecule has 0 fully saturated rings. The highest BCUT2D eigenvalue weighted by molar-refractivity contribution is 4.60. The molecule has 0 amide bonds. The molecule has 2 heteroatoms. The van der Waals surface area contributed by atoms with Gasteiger partial charge in [0.1, 0.15) is 0 Å². The molecule has 14 heavy (non-hydrogen) atoms. The van der Waals surface area contributed by atoms with Crippen LogP contribution in [0.25, 0.3) is 0 Å². The molecule has 86 valence electrons. The van der Waals surface area contributed by atoms with Crippen LogP contribution < -0.4 is 11.5 Å². The molecule has 2 nitrogen and oxygen atoms in total. The van der Waals surface area contributed by atoms with E-state index < -0.39 is 0 Å². The van der Waals surface area contributed by atoms with Crippen LogP contribution in [-0.4, -0.2) is 13.1 Å². The molecule has 0 rings (SSSR count). The Hall–Kier alpha value is -0.0800. The summed E-state index contributed by atoms with van der Waals surface area (Å²) in [6.07, 6.45) is 10.4. The molecular formula is C12H28N2. The minimum Gasteiger partial charge on any atom is -0.330 e. The molecule has 0 saturated carbocycles. The fraction of sp³-hybridized carbons (Fsp3) is 1.00. The number of hydrogen-bond donors (Lipinski definition) is 2. The van der Waals surface area contributed by atoms with Gasteiger partial charge in [0.05, 0.1) is 0 Å². The van der Waals surface area contributed by atoms with Gasteiger partial charge < -0.3 is 11.5 Å². The van der Waals surface area contributed by atoms with Gasteiger partial charge in [0.25, 0.3) is 0 Å². The van der Waals surface area contributed by atoms with Crippen LogP contribution in [0.5, 0.6) is 0 Å². The van der Waals surface area contributed by atoms with Crippen molar-refractivity contribution < 1.29 is 0 Å². The molecule has 1 atom stereocenters. The van der Waals surface area contributed by atoms with Gasteiger partial charge in [0.15, 0.2) is 0 Å². The van der Waals surface area contributed by atoms with Gasteiger partial charge in [0, 0.05) is 0 Å². The van der Waals surface area contributed by atoms with E-state index in [9.17, 15) is 0 Å². The average molecular weight is 200 g/mol. The molecule has 0 aliphatic rings. The van der Waals surface area contributed by atoms with Gasteiger partial charge in [0.2, 0.25) is 0 Å². The second kappa shape index (κ2) is 11.0. The van der Waals surface area contributed by atoms with Gasteiger partial charge >= 0.3 is 0 Å². The van der Waals surface area contributed by atoms with Crippen LogP contribution in [0.15, 0.2) is 0 Å². The van der Waals surface area contributed by atoms with E-state index in [0.29, 0.717) is 0 Å². The Morgan fingerprint density at radius 2 is 1.43 bits per heavy atom. The van der Waals surface area contributed by atoms with Gasteiger partial charge in [-0.15, -0.1) is 0 Å². The first-order valence-electron chi connectivity index (χ1n) is 6.25. The summed E-state index contributed by atoms with van der Waals surface area (Å²) in [4.78, 5) is 0. The third-order valence-corrected chi connectivity index (χ3v) is 2.83. The van der Waals surface area contributed by atoms with E-state index in [1.54, 1.807) is 0 Å². The zero-order valence-corrected chi connectivity index (χ0v) is 9.80. The van der Waals surface area contributed by atoms with E-state index in [1.165, 1.54) is 51.4 Å². The standard InChI is InChI=1S/C12H28N2/c1-2-7-12(9-6-11-14)8-4-3-5-10-13/h12H,2-11,13-14H2,1H3. The van der Waals surface area contributed by atoms with E-state index in [0.717, 1.165) is 19.0 Å². The van der Waals surface area contributed by atoms with Crippen LogP contribution in [0, 0.1) is 5.92 Å². The largest absolute Gasteiger partial charge is 0.330 e. The van der Waals surface area contributed by atoms with Crippen LogP contribution in [0.2, 0.25) is 0 Å². The zero-order chi connectivity index (χ0) is 10.6. The maximum absolute atomic E-state index is 5.53. The highest BCUT2D eigenvalue weighted by Crippen LogP contribution is 2.20. The minimum absolute atomic E-state index is 0.848. The molecule has 1 unspecified atom stereocenters. The van der Waals surface area contributed by atoms with Gasteiger partial charge in [-0.05, 0) is 38.3 Å². The smallest absolute Gasteiger partial charge is 0.00772 e. The molecule has 0 aliphatic heterocycles. The lowest BCUT2D eigenvalue weighted by atomic mass is 9.92. The van der Waals surface area contributed by atoms with Gasteiger partial charge in [-0.25, -0.2) is 0 Å². The first kappa shape index (κ1) is 13.9. The van der Waals surface area contributed by atoms with Crippen molar-refractivity contribution in [2.24, 2.45) is 17.4 Å². The second-order valence-corrected chi connectivity index (χ2v) is 4.22. The zero-order valence-electron chi connectivity index (χ0n) is 9.80. The Kier molecular flexibility index (Phi) is 10.9. The van der Waals surface area contributed by atoms with Crippen molar-refractivity contribution in [2.45, 2.75) is 58.3 Å². The summed E-state index contributed by atoms with van der Waals surface area (Å²) >= 11 is 0.